The van der Waals surface area contributed by atoms with Gasteiger partial charge in [-0.05, 0) is 13.0 Å². The second kappa shape index (κ2) is 4.30. The Morgan fingerprint density at radius 3 is 3.12 bits per heavy atom. The van der Waals surface area contributed by atoms with Crippen LogP contribution in [0.2, 0.25) is 0 Å². The van der Waals surface area contributed by atoms with E-state index >= 15 is 0 Å². The van der Waals surface area contributed by atoms with E-state index in [2.05, 4.69) is 9.98 Å². The number of aliphatic imine (C=N–C) groups is 2. The molecule has 0 atom stereocenters. The zero-order chi connectivity index (χ0) is 11.5. The number of nitrogens with two attached hydrogens (primary N) is 1. The van der Waals surface area contributed by atoms with Crippen molar-refractivity contribution in [1.29, 1.82) is 0 Å². The lowest BCUT2D eigenvalue weighted by molar-refractivity contribution is -0.114. The molecule has 84 valence electrons. The molecule has 0 saturated heterocycles. The second-order valence-corrected chi connectivity index (χ2v) is 3.46. The zero-order valence-corrected chi connectivity index (χ0v) is 9.06. The maximum absolute atomic E-state index is 11.1. The molecule has 0 radical (unpaired) electrons. The maximum atomic E-state index is 11.1. The Bertz CT molecular complexity index is 444. The van der Waals surface area contributed by atoms with Gasteiger partial charge in [0.2, 0.25) is 11.8 Å². The van der Waals surface area contributed by atoms with Crippen molar-refractivity contribution in [3.8, 4) is 0 Å². The van der Waals surface area contributed by atoms with Gasteiger partial charge in [-0.1, -0.05) is 0 Å². The van der Waals surface area contributed by atoms with Gasteiger partial charge in [0, 0.05) is 18.2 Å². The van der Waals surface area contributed by atoms with Crippen molar-refractivity contribution < 1.29 is 9.53 Å². The molecule has 0 aliphatic carbocycles. The summed E-state index contributed by atoms with van der Waals surface area (Å²) < 4.78 is 5.38. The molecule has 5 nitrogen and oxygen atoms in total. The number of fused-ring (bicyclic) bond motifs is 1. The number of amides is 1. The molecule has 2 rings (SSSR count). The van der Waals surface area contributed by atoms with E-state index in [4.69, 9.17) is 10.5 Å². The van der Waals surface area contributed by atoms with E-state index in [1.54, 1.807) is 12.3 Å². The summed E-state index contributed by atoms with van der Waals surface area (Å²) in [5.41, 5.74) is 7.41. The number of hydrogen-bond donors (Lipinski definition) is 1. The van der Waals surface area contributed by atoms with Crippen molar-refractivity contribution in [2.45, 2.75) is 13.3 Å². The van der Waals surface area contributed by atoms with Crippen molar-refractivity contribution in [2.24, 2.45) is 15.7 Å². The van der Waals surface area contributed by atoms with Crippen LogP contribution in [0, 0.1) is 0 Å². The van der Waals surface area contributed by atoms with Gasteiger partial charge in [0.15, 0.2) is 0 Å². The molecule has 0 aromatic heterocycles. The first-order valence-corrected chi connectivity index (χ1v) is 5.16. The number of carbonyl (C=O) groups excluding carboxylic acids is 1. The molecule has 0 saturated carbocycles. The van der Waals surface area contributed by atoms with Crippen LogP contribution in [-0.4, -0.2) is 31.0 Å². The molecule has 0 aromatic rings. The van der Waals surface area contributed by atoms with Crippen LogP contribution in [0.4, 0.5) is 0 Å². The highest BCUT2D eigenvalue weighted by Gasteiger charge is 2.21. The highest BCUT2D eigenvalue weighted by molar-refractivity contribution is 6.13. The number of ether oxygens (including phenoxy) is 1. The summed E-state index contributed by atoms with van der Waals surface area (Å²) in [6.07, 6.45) is 4.16. The van der Waals surface area contributed by atoms with Crippen molar-refractivity contribution in [3.63, 3.8) is 0 Å². The number of nitrogens with zero attached hydrogens (tertiary/aromatic N) is 2. The lowest BCUT2D eigenvalue weighted by atomic mass is 10.00. The van der Waals surface area contributed by atoms with Crippen LogP contribution in [0.15, 0.2) is 33.1 Å². The van der Waals surface area contributed by atoms with E-state index in [0.29, 0.717) is 31.0 Å². The van der Waals surface area contributed by atoms with Gasteiger partial charge in [-0.25, -0.2) is 4.99 Å². The fraction of sp³-hybridized carbons (Fsp3) is 0.364. The van der Waals surface area contributed by atoms with Gasteiger partial charge in [0.1, 0.15) is 0 Å². The number of primary amides is 1. The molecule has 0 spiro atoms. The fourth-order valence-corrected chi connectivity index (χ4v) is 1.61. The Morgan fingerprint density at radius 1 is 1.62 bits per heavy atom. The maximum Gasteiger partial charge on any atom is 0.246 e. The Morgan fingerprint density at radius 2 is 2.44 bits per heavy atom. The predicted octanol–water partition coefficient (Wildman–Crippen LogP) is 0.575. The number of dihydropyridines is 1. The normalized spacial score (nSPS) is 18.8. The molecule has 2 aliphatic rings. The summed E-state index contributed by atoms with van der Waals surface area (Å²) in [4.78, 5) is 19.5. The first-order valence-electron chi connectivity index (χ1n) is 5.16. The van der Waals surface area contributed by atoms with E-state index < -0.39 is 5.91 Å². The minimum Gasteiger partial charge on any atom is -0.477 e. The topological polar surface area (TPSA) is 77.0 Å². The smallest absolute Gasteiger partial charge is 0.246 e. The van der Waals surface area contributed by atoms with Crippen molar-refractivity contribution in [1.82, 2.24) is 0 Å². The molecule has 2 aliphatic heterocycles. The average Bonchev–Trinajstić information content (AvgIpc) is 2.29. The van der Waals surface area contributed by atoms with Crippen molar-refractivity contribution in [2.75, 3.05) is 13.2 Å². The molecular weight excluding hydrogens is 206 g/mol. The Balaban J connectivity index is 2.40. The molecule has 5 heteroatoms. The highest BCUT2D eigenvalue weighted by Crippen LogP contribution is 2.22. The molecule has 1 amide bonds. The highest BCUT2D eigenvalue weighted by atomic mass is 16.5. The van der Waals surface area contributed by atoms with Crippen molar-refractivity contribution in [3.05, 3.63) is 23.1 Å². The van der Waals surface area contributed by atoms with Gasteiger partial charge < -0.3 is 10.5 Å². The summed E-state index contributed by atoms with van der Waals surface area (Å²) in [6.45, 7) is 2.76. The minimum atomic E-state index is -0.444. The van der Waals surface area contributed by atoms with Gasteiger partial charge in [0.25, 0.3) is 0 Å². The van der Waals surface area contributed by atoms with Gasteiger partial charge in [-0.15, -0.1) is 0 Å². The largest absolute Gasteiger partial charge is 0.477 e. The average molecular weight is 219 g/mol. The number of allylic oxidation sites excluding steroid dienone is 2. The summed E-state index contributed by atoms with van der Waals surface area (Å²) >= 11 is 0. The van der Waals surface area contributed by atoms with E-state index in [-0.39, 0.29) is 0 Å². The summed E-state index contributed by atoms with van der Waals surface area (Å²) in [5.74, 6) is 0.0756. The summed E-state index contributed by atoms with van der Waals surface area (Å²) in [7, 11) is 0. The molecular formula is C11H13N3O2. The summed E-state index contributed by atoms with van der Waals surface area (Å²) in [5, 5.41) is 0. The SMILES string of the molecule is CCOC1=C2C=C(C(N)=O)CN=C2CC=N1. The van der Waals surface area contributed by atoms with E-state index in [1.165, 1.54) is 0 Å². The number of rotatable bonds is 3. The third kappa shape index (κ3) is 1.88. The monoisotopic (exact) mass is 219 g/mol. The van der Waals surface area contributed by atoms with Crippen LogP contribution < -0.4 is 5.73 Å². The molecule has 0 bridgehead atoms. The van der Waals surface area contributed by atoms with Crippen LogP contribution in [0.5, 0.6) is 0 Å². The molecule has 16 heavy (non-hydrogen) atoms. The van der Waals surface area contributed by atoms with Gasteiger partial charge in [-0.2, -0.15) is 0 Å². The van der Waals surface area contributed by atoms with Crippen LogP contribution in [0.25, 0.3) is 0 Å². The molecule has 0 unspecified atom stereocenters. The van der Waals surface area contributed by atoms with E-state index in [9.17, 15) is 4.79 Å². The third-order valence-corrected chi connectivity index (χ3v) is 2.39. The number of carbonyl (C=O) groups is 1. The van der Waals surface area contributed by atoms with Gasteiger partial charge in [-0.3, -0.25) is 9.79 Å². The van der Waals surface area contributed by atoms with Crippen LogP contribution in [0.1, 0.15) is 13.3 Å². The van der Waals surface area contributed by atoms with Crippen LogP contribution >= 0.6 is 0 Å². The lowest BCUT2D eigenvalue weighted by Crippen LogP contribution is -2.23. The molecule has 0 aromatic carbocycles. The van der Waals surface area contributed by atoms with Gasteiger partial charge in [0.05, 0.1) is 24.4 Å². The van der Waals surface area contributed by atoms with E-state index in [1.807, 2.05) is 6.92 Å². The van der Waals surface area contributed by atoms with Crippen molar-refractivity contribution >= 4 is 17.8 Å². The second-order valence-electron chi connectivity index (χ2n) is 3.46. The van der Waals surface area contributed by atoms with Crippen LogP contribution in [-0.2, 0) is 9.53 Å². The zero-order valence-electron chi connectivity index (χ0n) is 9.06. The summed E-state index contributed by atoms with van der Waals surface area (Å²) in [6, 6.07) is 0. The quantitative estimate of drug-likeness (QED) is 0.753. The first-order chi connectivity index (χ1) is 7.72. The van der Waals surface area contributed by atoms with Crippen LogP contribution in [0.3, 0.4) is 0 Å². The lowest BCUT2D eigenvalue weighted by Gasteiger charge is -2.18. The standard InChI is InChI=1S/C11H13N3O2/c1-2-16-11-8-5-7(10(12)15)6-14-9(8)3-4-13-11/h4-5H,2-3,6H2,1H3,(H2,12,15). The fourth-order valence-electron chi connectivity index (χ4n) is 1.61. The predicted molar refractivity (Wildman–Crippen MR) is 61.3 cm³/mol. The molecule has 2 N–H and O–H groups in total. The van der Waals surface area contributed by atoms with E-state index in [0.717, 1.165) is 11.3 Å². The minimum absolute atomic E-state index is 0.349. The third-order valence-electron chi connectivity index (χ3n) is 2.39. The first kappa shape index (κ1) is 10.6. The van der Waals surface area contributed by atoms with Gasteiger partial charge >= 0.3 is 0 Å². The Hall–Kier alpha value is -1.91. The Kier molecular flexibility index (Phi) is 2.85. The molecule has 0 fully saturated rings. The molecule has 2 heterocycles. The Labute approximate surface area is 93.4 Å². The number of hydrogen-bond acceptors (Lipinski definition) is 4.